The van der Waals surface area contributed by atoms with Gasteiger partial charge in [-0.25, -0.2) is 0 Å². The highest BCUT2D eigenvalue weighted by molar-refractivity contribution is 6.30. The minimum Gasteiger partial charge on any atom is -0.376 e. The van der Waals surface area contributed by atoms with E-state index < -0.39 is 0 Å². The Balaban J connectivity index is 1.83. The number of hydrogen-bond acceptors (Lipinski definition) is 3. The van der Waals surface area contributed by atoms with Crippen molar-refractivity contribution in [1.82, 2.24) is 15.6 Å². The largest absolute Gasteiger partial charge is 0.376 e. The summed E-state index contributed by atoms with van der Waals surface area (Å²) in [5, 5.41) is 7.75. The Labute approximate surface area is 142 Å². The molecule has 23 heavy (non-hydrogen) atoms. The lowest BCUT2D eigenvalue weighted by Gasteiger charge is -2.29. The second-order valence-electron chi connectivity index (χ2n) is 5.93. The molecule has 1 aromatic heterocycles. The van der Waals surface area contributed by atoms with Crippen molar-refractivity contribution in [2.24, 2.45) is 5.92 Å². The van der Waals surface area contributed by atoms with Crippen molar-refractivity contribution in [3.63, 3.8) is 0 Å². The van der Waals surface area contributed by atoms with Gasteiger partial charge in [-0.15, -0.1) is 0 Å². The fraction of sp³-hybridized carbons (Fsp3) is 0.316. The van der Waals surface area contributed by atoms with Gasteiger partial charge < -0.3 is 10.6 Å². The monoisotopic (exact) mass is 327 g/mol. The molecule has 1 unspecified atom stereocenters. The maximum Gasteiger partial charge on any atom is 0.0937 e. The van der Waals surface area contributed by atoms with Crippen LogP contribution in [0.4, 0.5) is 0 Å². The molecule has 3 rings (SSSR count). The van der Waals surface area contributed by atoms with Crippen LogP contribution in [0.15, 0.2) is 60.9 Å². The Morgan fingerprint density at radius 2 is 1.91 bits per heavy atom. The lowest BCUT2D eigenvalue weighted by Crippen LogP contribution is -2.33. The highest BCUT2D eigenvalue weighted by atomic mass is 35.5. The first-order valence-electron chi connectivity index (χ1n) is 8.06. The Bertz CT molecular complexity index is 633. The van der Waals surface area contributed by atoms with Gasteiger partial charge >= 0.3 is 0 Å². The zero-order valence-corrected chi connectivity index (χ0v) is 13.9. The van der Waals surface area contributed by atoms with Crippen LogP contribution in [0.3, 0.4) is 0 Å². The Kier molecular flexibility index (Phi) is 5.31. The second kappa shape index (κ2) is 7.62. The van der Waals surface area contributed by atoms with Crippen molar-refractivity contribution >= 4 is 11.6 Å². The summed E-state index contributed by atoms with van der Waals surface area (Å²) in [6.45, 7) is 6.41. The van der Waals surface area contributed by atoms with Gasteiger partial charge in [-0.3, -0.25) is 4.98 Å². The molecule has 3 nitrogen and oxygen atoms in total. The normalized spacial score (nSPS) is 16.7. The van der Waals surface area contributed by atoms with Crippen LogP contribution in [0.1, 0.15) is 30.1 Å². The summed E-state index contributed by atoms with van der Waals surface area (Å²) >= 11 is 6.03. The van der Waals surface area contributed by atoms with Gasteiger partial charge in [-0.05, 0) is 55.8 Å². The molecule has 1 aromatic carbocycles. The molecule has 1 saturated heterocycles. The maximum absolute atomic E-state index is 6.03. The van der Waals surface area contributed by atoms with E-state index in [9.17, 15) is 0 Å². The average molecular weight is 328 g/mol. The van der Waals surface area contributed by atoms with Gasteiger partial charge in [0.1, 0.15) is 0 Å². The lowest BCUT2D eigenvalue weighted by atomic mass is 9.93. The van der Waals surface area contributed by atoms with Gasteiger partial charge in [0.2, 0.25) is 0 Å². The molecule has 2 aromatic rings. The van der Waals surface area contributed by atoms with Gasteiger partial charge in [0, 0.05) is 22.8 Å². The molecule has 1 aliphatic rings. The van der Waals surface area contributed by atoms with E-state index in [1.54, 1.807) is 0 Å². The molecule has 120 valence electrons. The molecule has 2 N–H and O–H groups in total. The lowest BCUT2D eigenvalue weighted by molar-refractivity contribution is 0.396. The summed E-state index contributed by atoms with van der Waals surface area (Å²) in [6, 6.07) is 13.9. The van der Waals surface area contributed by atoms with Gasteiger partial charge in [0.05, 0.1) is 11.7 Å². The highest BCUT2D eigenvalue weighted by Crippen LogP contribution is 2.26. The number of pyridine rings is 1. The fourth-order valence-electron chi connectivity index (χ4n) is 3.00. The van der Waals surface area contributed by atoms with Gasteiger partial charge in [0.25, 0.3) is 0 Å². The first kappa shape index (κ1) is 16.0. The van der Waals surface area contributed by atoms with Crippen LogP contribution in [-0.2, 0) is 0 Å². The maximum atomic E-state index is 6.03. The third-order valence-corrected chi connectivity index (χ3v) is 4.60. The summed E-state index contributed by atoms with van der Waals surface area (Å²) in [4.78, 5) is 4.53. The topological polar surface area (TPSA) is 37.0 Å². The molecule has 1 fully saturated rings. The standard InChI is InChI=1S/C19H22ClN3/c1-14(15-9-12-21-13-10-15)23-19(18-4-2-3-11-22-18)16-5-7-17(20)8-6-16/h2-8,11,15,19,21,23H,1,9-10,12-13H2. The molecule has 0 spiro atoms. The third kappa shape index (κ3) is 4.12. The van der Waals surface area contributed by atoms with E-state index in [0.29, 0.717) is 5.92 Å². The fourth-order valence-corrected chi connectivity index (χ4v) is 3.13. The van der Waals surface area contributed by atoms with Crippen LogP contribution < -0.4 is 10.6 Å². The van der Waals surface area contributed by atoms with Crippen molar-refractivity contribution in [1.29, 1.82) is 0 Å². The molecule has 0 aliphatic carbocycles. The number of piperidine rings is 1. The molecule has 1 aliphatic heterocycles. The van der Waals surface area contributed by atoms with E-state index >= 15 is 0 Å². The first-order valence-corrected chi connectivity index (χ1v) is 8.44. The van der Waals surface area contributed by atoms with Crippen LogP contribution >= 0.6 is 11.6 Å². The number of allylic oxidation sites excluding steroid dienone is 1. The summed E-state index contributed by atoms with van der Waals surface area (Å²) in [7, 11) is 0. The number of nitrogens with zero attached hydrogens (tertiary/aromatic N) is 1. The van der Waals surface area contributed by atoms with E-state index in [0.717, 1.165) is 47.9 Å². The molecule has 0 saturated carbocycles. The zero-order chi connectivity index (χ0) is 16.1. The first-order chi connectivity index (χ1) is 11.2. The summed E-state index contributed by atoms with van der Waals surface area (Å²) in [6.07, 6.45) is 4.08. The van der Waals surface area contributed by atoms with Crippen LogP contribution in [0.25, 0.3) is 0 Å². The van der Waals surface area contributed by atoms with E-state index in [-0.39, 0.29) is 6.04 Å². The van der Waals surface area contributed by atoms with Crippen molar-refractivity contribution in [3.8, 4) is 0 Å². The number of hydrogen-bond donors (Lipinski definition) is 2. The summed E-state index contributed by atoms with van der Waals surface area (Å²) in [5.74, 6) is 0.509. The van der Waals surface area contributed by atoms with Crippen molar-refractivity contribution in [2.75, 3.05) is 13.1 Å². The summed E-state index contributed by atoms with van der Waals surface area (Å²) < 4.78 is 0. The molecular weight excluding hydrogens is 306 g/mol. The predicted molar refractivity (Wildman–Crippen MR) is 95.4 cm³/mol. The SMILES string of the molecule is C=C(NC(c1ccc(Cl)cc1)c1ccccn1)C1CCNCC1. The van der Waals surface area contributed by atoms with Crippen molar-refractivity contribution < 1.29 is 0 Å². The Hall–Kier alpha value is -1.84. The van der Waals surface area contributed by atoms with Crippen LogP contribution in [-0.4, -0.2) is 18.1 Å². The quantitative estimate of drug-likeness (QED) is 0.873. The van der Waals surface area contributed by atoms with E-state index in [1.165, 1.54) is 0 Å². The molecule has 0 radical (unpaired) electrons. The third-order valence-electron chi connectivity index (χ3n) is 4.35. The van der Waals surface area contributed by atoms with Gasteiger partial charge in [0.15, 0.2) is 0 Å². The molecular formula is C19H22ClN3. The molecule has 0 bridgehead atoms. The Morgan fingerprint density at radius 1 is 1.17 bits per heavy atom. The minimum atomic E-state index is -0.00384. The van der Waals surface area contributed by atoms with Crippen LogP contribution in [0.5, 0.6) is 0 Å². The summed E-state index contributed by atoms with van der Waals surface area (Å²) in [5.41, 5.74) is 3.23. The predicted octanol–water partition coefficient (Wildman–Crippen LogP) is 3.93. The number of nitrogens with one attached hydrogen (secondary N) is 2. The van der Waals surface area contributed by atoms with E-state index in [1.807, 2.05) is 48.7 Å². The van der Waals surface area contributed by atoms with Crippen LogP contribution in [0, 0.1) is 5.92 Å². The Morgan fingerprint density at radius 3 is 2.57 bits per heavy atom. The highest BCUT2D eigenvalue weighted by Gasteiger charge is 2.21. The number of halogens is 1. The van der Waals surface area contributed by atoms with E-state index in [4.69, 9.17) is 11.6 Å². The molecule has 1 atom stereocenters. The number of rotatable bonds is 5. The van der Waals surface area contributed by atoms with Gasteiger partial charge in [-0.2, -0.15) is 0 Å². The van der Waals surface area contributed by atoms with Gasteiger partial charge in [-0.1, -0.05) is 36.4 Å². The van der Waals surface area contributed by atoms with Crippen molar-refractivity contribution in [3.05, 3.63) is 77.2 Å². The number of aromatic nitrogens is 1. The van der Waals surface area contributed by atoms with Crippen molar-refractivity contribution in [2.45, 2.75) is 18.9 Å². The van der Waals surface area contributed by atoms with E-state index in [2.05, 4.69) is 22.2 Å². The molecule has 2 heterocycles. The minimum absolute atomic E-state index is 0.00384. The average Bonchev–Trinajstić information content (AvgIpc) is 2.62. The molecule has 0 amide bonds. The molecule has 4 heteroatoms. The zero-order valence-electron chi connectivity index (χ0n) is 13.1. The van der Waals surface area contributed by atoms with Crippen LogP contribution in [0.2, 0.25) is 5.02 Å². The number of benzene rings is 1. The second-order valence-corrected chi connectivity index (χ2v) is 6.37. The smallest absolute Gasteiger partial charge is 0.0937 e.